The number of amides is 1. The summed E-state index contributed by atoms with van der Waals surface area (Å²) in [6.45, 7) is 0.392. The second kappa shape index (κ2) is 6.39. The third-order valence-corrected chi connectivity index (χ3v) is 2.81. The minimum atomic E-state index is -0.145. The third-order valence-electron chi connectivity index (χ3n) is 2.81. The quantitative estimate of drug-likeness (QED) is 0.924. The van der Waals surface area contributed by atoms with E-state index in [0.29, 0.717) is 23.5 Å². The molecule has 0 bridgehead atoms. The van der Waals surface area contributed by atoms with E-state index in [-0.39, 0.29) is 5.91 Å². The van der Waals surface area contributed by atoms with Gasteiger partial charge in [0.25, 0.3) is 5.91 Å². The van der Waals surface area contributed by atoms with Gasteiger partial charge in [0.2, 0.25) is 0 Å². The van der Waals surface area contributed by atoms with Gasteiger partial charge in [-0.25, -0.2) is 0 Å². The molecule has 0 atom stereocenters. The minimum Gasteiger partial charge on any atom is -0.489 e. The van der Waals surface area contributed by atoms with E-state index in [2.05, 4.69) is 11.4 Å². The van der Waals surface area contributed by atoms with E-state index in [1.165, 1.54) is 0 Å². The Morgan fingerprint density at radius 3 is 2.65 bits per heavy atom. The minimum absolute atomic E-state index is 0.145. The van der Waals surface area contributed by atoms with Crippen LogP contribution in [-0.4, -0.2) is 13.0 Å². The molecule has 0 fully saturated rings. The maximum absolute atomic E-state index is 11.5. The molecule has 0 radical (unpaired) electrons. The molecule has 0 saturated carbocycles. The molecule has 4 nitrogen and oxygen atoms in total. The summed E-state index contributed by atoms with van der Waals surface area (Å²) in [4.78, 5) is 11.5. The van der Waals surface area contributed by atoms with E-state index >= 15 is 0 Å². The van der Waals surface area contributed by atoms with Crippen LogP contribution in [0.1, 0.15) is 21.5 Å². The molecule has 0 unspecified atom stereocenters. The first-order chi connectivity index (χ1) is 9.72. The maximum Gasteiger partial charge on any atom is 0.251 e. The summed E-state index contributed by atoms with van der Waals surface area (Å²) in [5, 5.41) is 11.3. The lowest BCUT2D eigenvalue weighted by atomic mass is 10.1. The molecular formula is C16H14N2O2. The number of rotatable bonds is 4. The smallest absolute Gasteiger partial charge is 0.251 e. The Morgan fingerprint density at radius 1 is 1.25 bits per heavy atom. The molecule has 2 rings (SSSR count). The summed E-state index contributed by atoms with van der Waals surface area (Å²) in [5.41, 5.74) is 2.15. The number of nitrogens with one attached hydrogen (secondary N) is 1. The van der Waals surface area contributed by atoms with Gasteiger partial charge < -0.3 is 10.1 Å². The first kappa shape index (κ1) is 13.6. The highest BCUT2D eigenvalue weighted by Gasteiger charge is 2.04. The zero-order valence-electron chi connectivity index (χ0n) is 11.1. The van der Waals surface area contributed by atoms with Crippen molar-refractivity contribution in [2.45, 2.75) is 6.61 Å². The SMILES string of the molecule is CNC(=O)c1cccc(OCc2ccc(C#N)cc2)c1. The molecule has 0 spiro atoms. The molecular weight excluding hydrogens is 252 g/mol. The molecule has 20 heavy (non-hydrogen) atoms. The molecule has 0 aliphatic heterocycles. The first-order valence-electron chi connectivity index (χ1n) is 6.17. The molecule has 2 aromatic carbocycles. The number of ether oxygens (including phenoxy) is 1. The van der Waals surface area contributed by atoms with Crippen LogP contribution in [0.15, 0.2) is 48.5 Å². The number of benzene rings is 2. The lowest BCUT2D eigenvalue weighted by Crippen LogP contribution is -2.17. The van der Waals surface area contributed by atoms with E-state index in [4.69, 9.17) is 10.00 Å². The van der Waals surface area contributed by atoms with E-state index in [1.807, 2.05) is 12.1 Å². The van der Waals surface area contributed by atoms with Crippen molar-refractivity contribution in [1.82, 2.24) is 5.32 Å². The molecule has 100 valence electrons. The lowest BCUT2D eigenvalue weighted by Gasteiger charge is -2.08. The van der Waals surface area contributed by atoms with Crippen LogP contribution in [0.25, 0.3) is 0 Å². The average molecular weight is 266 g/mol. The van der Waals surface area contributed by atoms with Gasteiger partial charge in [0.1, 0.15) is 12.4 Å². The van der Waals surface area contributed by atoms with Gasteiger partial charge >= 0.3 is 0 Å². The van der Waals surface area contributed by atoms with Crippen molar-refractivity contribution in [2.24, 2.45) is 0 Å². The topological polar surface area (TPSA) is 62.1 Å². The largest absolute Gasteiger partial charge is 0.489 e. The van der Waals surface area contributed by atoms with Gasteiger partial charge in [-0.05, 0) is 35.9 Å². The van der Waals surface area contributed by atoms with Gasteiger partial charge in [-0.1, -0.05) is 18.2 Å². The molecule has 0 aromatic heterocycles. The van der Waals surface area contributed by atoms with Crippen LogP contribution in [0.2, 0.25) is 0 Å². The van der Waals surface area contributed by atoms with Crippen molar-refractivity contribution in [3.05, 3.63) is 65.2 Å². The third kappa shape index (κ3) is 3.36. The van der Waals surface area contributed by atoms with Crippen molar-refractivity contribution in [2.75, 3.05) is 7.05 Å². The Kier molecular flexibility index (Phi) is 4.35. The summed E-state index contributed by atoms with van der Waals surface area (Å²) in [6.07, 6.45) is 0. The Hall–Kier alpha value is -2.80. The van der Waals surface area contributed by atoms with Crippen molar-refractivity contribution in [1.29, 1.82) is 5.26 Å². The molecule has 4 heteroatoms. The number of hydrogen-bond acceptors (Lipinski definition) is 3. The van der Waals surface area contributed by atoms with Gasteiger partial charge in [-0.2, -0.15) is 5.26 Å². The Bertz CT molecular complexity index is 642. The van der Waals surface area contributed by atoms with Crippen molar-refractivity contribution in [3.63, 3.8) is 0 Å². The molecule has 0 heterocycles. The molecule has 1 amide bonds. The molecule has 0 aliphatic carbocycles. The van der Waals surface area contributed by atoms with Gasteiger partial charge in [-0.15, -0.1) is 0 Å². The summed E-state index contributed by atoms with van der Waals surface area (Å²) in [7, 11) is 1.59. The first-order valence-corrected chi connectivity index (χ1v) is 6.17. The summed E-state index contributed by atoms with van der Waals surface area (Å²) in [5.74, 6) is 0.490. The normalized spacial score (nSPS) is 9.60. The van der Waals surface area contributed by atoms with E-state index < -0.39 is 0 Å². The fourth-order valence-electron chi connectivity index (χ4n) is 1.71. The second-order valence-electron chi connectivity index (χ2n) is 4.20. The zero-order valence-corrected chi connectivity index (χ0v) is 11.1. The number of nitrogens with zero attached hydrogens (tertiary/aromatic N) is 1. The number of hydrogen-bond donors (Lipinski definition) is 1. The Balaban J connectivity index is 2.03. The highest BCUT2D eigenvalue weighted by Crippen LogP contribution is 2.15. The summed E-state index contributed by atoms with van der Waals surface area (Å²) >= 11 is 0. The van der Waals surface area contributed by atoms with E-state index in [0.717, 1.165) is 5.56 Å². The highest BCUT2D eigenvalue weighted by molar-refractivity contribution is 5.94. The van der Waals surface area contributed by atoms with Crippen molar-refractivity contribution in [3.8, 4) is 11.8 Å². The van der Waals surface area contributed by atoms with Crippen LogP contribution in [0, 0.1) is 11.3 Å². The van der Waals surface area contributed by atoms with Gasteiger partial charge in [0, 0.05) is 12.6 Å². The standard InChI is InChI=1S/C16H14N2O2/c1-18-16(19)14-3-2-4-15(9-14)20-11-13-7-5-12(10-17)6-8-13/h2-9H,11H2,1H3,(H,18,19). The highest BCUT2D eigenvalue weighted by atomic mass is 16.5. The number of nitriles is 1. The summed E-state index contributed by atoms with van der Waals surface area (Å²) in [6, 6.07) is 16.3. The average Bonchev–Trinajstić information content (AvgIpc) is 2.53. The van der Waals surface area contributed by atoms with Crippen LogP contribution < -0.4 is 10.1 Å². The Morgan fingerprint density at radius 2 is 2.00 bits per heavy atom. The van der Waals surface area contributed by atoms with Crippen LogP contribution >= 0.6 is 0 Å². The van der Waals surface area contributed by atoms with E-state index in [1.54, 1.807) is 43.4 Å². The number of carbonyl (C=O) groups is 1. The fourth-order valence-corrected chi connectivity index (χ4v) is 1.71. The molecule has 0 saturated heterocycles. The monoisotopic (exact) mass is 266 g/mol. The predicted molar refractivity (Wildman–Crippen MR) is 75.3 cm³/mol. The number of carbonyl (C=O) groups excluding carboxylic acids is 1. The Labute approximate surface area is 117 Å². The van der Waals surface area contributed by atoms with Gasteiger partial charge in [0.05, 0.1) is 11.6 Å². The van der Waals surface area contributed by atoms with Crippen LogP contribution in [-0.2, 0) is 6.61 Å². The van der Waals surface area contributed by atoms with Crippen LogP contribution in [0.4, 0.5) is 0 Å². The van der Waals surface area contributed by atoms with Crippen molar-refractivity contribution >= 4 is 5.91 Å². The van der Waals surface area contributed by atoms with Crippen LogP contribution in [0.5, 0.6) is 5.75 Å². The lowest BCUT2D eigenvalue weighted by molar-refractivity contribution is 0.0962. The second-order valence-corrected chi connectivity index (χ2v) is 4.20. The molecule has 1 N–H and O–H groups in total. The molecule has 0 aliphatic rings. The summed E-state index contributed by atoms with van der Waals surface area (Å²) < 4.78 is 5.64. The molecule has 2 aromatic rings. The van der Waals surface area contributed by atoms with Crippen LogP contribution in [0.3, 0.4) is 0 Å². The maximum atomic E-state index is 11.5. The van der Waals surface area contributed by atoms with Crippen molar-refractivity contribution < 1.29 is 9.53 Å². The predicted octanol–water partition coefficient (Wildman–Crippen LogP) is 2.50. The van der Waals surface area contributed by atoms with Gasteiger partial charge in [-0.3, -0.25) is 4.79 Å². The van der Waals surface area contributed by atoms with E-state index in [9.17, 15) is 4.79 Å². The zero-order chi connectivity index (χ0) is 14.4. The fraction of sp³-hybridized carbons (Fsp3) is 0.125. The van der Waals surface area contributed by atoms with Gasteiger partial charge in [0.15, 0.2) is 0 Å².